The van der Waals surface area contributed by atoms with Gasteiger partial charge in [-0.15, -0.1) is 0 Å². The first-order valence-corrected chi connectivity index (χ1v) is 7.23. The highest BCUT2D eigenvalue weighted by Gasteiger charge is 2.17. The van der Waals surface area contributed by atoms with Crippen molar-refractivity contribution in [2.45, 2.75) is 32.6 Å². The van der Waals surface area contributed by atoms with Crippen LogP contribution in [0.5, 0.6) is 0 Å². The third kappa shape index (κ3) is 3.63. The average molecular weight is 297 g/mol. The van der Waals surface area contributed by atoms with Crippen molar-refractivity contribution >= 4 is 27.3 Å². The Balaban J connectivity index is 1.85. The predicted octanol–water partition coefficient (Wildman–Crippen LogP) is 4.27. The van der Waals surface area contributed by atoms with Crippen molar-refractivity contribution in [2.75, 3.05) is 17.6 Å². The Labute approximate surface area is 112 Å². The highest BCUT2D eigenvalue weighted by molar-refractivity contribution is 9.10. The van der Waals surface area contributed by atoms with Crippen LogP contribution in [0, 0.1) is 11.8 Å². The molecule has 17 heavy (non-hydrogen) atoms. The fraction of sp³-hybridized carbons (Fsp3) is 0.571. The van der Waals surface area contributed by atoms with Crippen molar-refractivity contribution in [2.24, 2.45) is 11.8 Å². The molecule has 3 heteroatoms. The van der Waals surface area contributed by atoms with Gasteiger partial charge in [0.25, 0.3) is 0 Å². The molecular formula is C14H21BrN2. The van der Waals surface area contributed by atoms with Gasteiger partial charge in [0.05, 0.1) is 11.4 Å². The van der Waals surface area contributed by atoms with E-state index in [1.807, 2.05) is 18.2 Å². The van der Waals surface area contributed by atoms with Crippen LogP contribution in [0.3, 0.4) is 0 Å². The molecule has 1 aliphatic rings. The number of halogens is 1. The first kappa shape index (κ1) is 12.7. The van der Waals surface area contributed by atoms with E-state index in [2.05, 4.69) is 28.2 Å². The van der Waals surface area contributed by atoms with Gasteiger partial charge in [0.2, 0.25) is 0 Å². The maximum absolute atomic E-state index is 5.97. The van der Waals surface area contributed by atoms with E-state index >= 15 is 0 Å². The van der Waals surface area contributed by atoms with E-state index in [4.69, 9.17) is 5.73 Å². The molecule has 2 rings (SSSR count). The van der Waals surface area contributed by atoms with Crippen molar-refractivity contribution in [3.05, 3.63) is 22.7 Å². The van der Waals surface area contributed by atoms with E-state index in [9.17, 15) is 0 Å². The molecule has 0 aromatic heterocycles. The van der Waals surface area contributed by atoms with Gasteiger partial charge in [0.1, 0.15) is 0 Å². The monoisotopic (exact) mass is 296 g/mol. The summed E-state index contributed by atoms with van der Waals surface area (Å²) in [5.74, 6) is 1.73. The SMILES string of the molecule is CC1CCC(CNc2ccc(Br)cc2N)CC1. The molecule has 1 aromatic rings. The van der Waals surface area contributed by atoms with E-state index in [0.717, 1.165) is 34.2 Å². The Morgan fingerprint density at radius 2 is 2.00 bits per heavy atom. The molecule has 0 aliphatic heterocycles. The average Bonchev–Trinajstić information content (AvgIpc) is 2.30. The van der Waals surface area contributed by atoms with Crippen LogP contribution in [0.1, 0.15) is 32.6 Å². The number of rotatable bonds is 3. The van der Waals surface area contributed by atoms with Crippen LogP contribution in [0.2, 0.25) is 0 Å². The van der Waals surface area contributed by atoms with Gasteiger partial charge in [-0.1, -0.05) is 35.7 Å². The summed E-state index contributed by atoms with van der Waals surface area (Å²) in [6, 6.07) is 6.03. The maximum Gasteiger partial charge on any atom is 0.0574 e. The Hall–Kier alpha value is -0.700. The van der Waals surface area contributed by atoms with E-state index in [1.54, 1.807) is 0 Å². The maximum atomic E-state index is 5.97. The van der Waals surface area contributed by atoms with Gasteiger partial charge in [-0.05, 0) is 42.9 Å². The van der Waals surface area contributed by atoms with Crippen LogP contribution >= 0.6 is 15.9 Å². The van der Waals surface area contributed by atoms with Crippen LogP contribution in [-0.4, -0.2) is 6.54 Å². The van der Waals surface area contributed by atoms with E-state index in [1.165, 1.54) is 25.7 Å². The topological polar surface area (TPSA) is 38.0 Å². The number of anilines is 2. The number of nitrogens with one attached hydrogen (secondary N) is 1. The Morgan fingerprint density at radius 3 is 2.65 bits per heavy atom. The number of hydrogen-bond donors (Lipinski definition) is 2. The molecule has 1 fully saturated rings. The normalized spacial score (nSPS) is 24.6. The van der Waals surface area contributed by atoms with Crippen molar-refractivity contribution < 1.29 is 0 Å². The van der Waals surface area contributed by atoms with Gasteiger partial charge in [-0.3, -0.25) is 0 Å². The summed E-state index contributed by atoms with van der Waals surface area (Å²) in [7, 11) is 0. The van der Waals surface area contributed by atoms with Crippen molar-refractivity contribution in [3.63, 3.8) is 0 Å². The second-order valence-corrected chi connectivity index (χ2v) is 6.15. The molecular weight excluding hydrogens is 276 g/mol. The molecule has 1 aliphatic carbocycles. The minimum Gasteiger partial charge on any atom is -0.397 e. The zero-order valence-electron chi connectivity index (χ0n) is 10.4. The molecule has 0 spiro atoms. The summed E-state index contributed by atoms with van der Waals surface area (Å²) in [6.07, 6.45) is 5.46. The van der Waals surface area contributed by atoms with Crippen molar-refractivity contribution in [3.8, 4) is 0 Å². The molecule has 0 bridgehead atoms. The number of benzene rings is 1. The lowest BCUT2D eigenvalue weighted by atomic mass is 9.83. The summed E-state index contributed by atoms with van der Waals surface area (Å²) in [4.78, 5) is 0. The molecule has 94 valence electrons. The van der Waals surface area contributed by atoms with Crippen LogP contribution in [0.15, 0.2) is 22.7 Å². The van der Waals surface area contributed by atoms with Crippen LogP contribution < -0.4 is 11.1 Å². The molecule has 0 atom stereocenters. The molecule has 1 saturated carbocycles. The van der Waals surface area contributed by atoms with Gasteiger partial charge >= 0.3 is 0 Å². The highest BCUT2D eigenvalue weighted by Crippen LogP contribution is 2.29. The van der Waals surface area contributed by atoms with E-state index in [0.29, 0.717) is 0 Å². The molecule has 1 aromatic carbocycles. The summed E-state index contributed by atoms with van der Waals surface area (Å²) >= 11 is 3.42. The fourth-order valence-corrected chi connectivity index (χ4v) is 2.86. The van der Waals surface area contributed by atoms with Crippen LogP contribution in [-0.2, 0) is 0 Å². The molecule has 3 N–H and O–H groups in total. The van der Waals surface area contributed by atoms with Crippen molar-refractivity contribution in [1.82, 2.24) is 0 Å². The number of nitrogen functional groups attached to an aromatic ring is 1. The largest absolute Gasteiger partial charge is 0.397 e. The third-order valence-corrected chi connectivity index (χ3v) is 4.22. The fourth-order valence-electron chi connectivity index (χ4n) is 2.48. The van der Waals surface area contributed by atoms with Crippen molar-refractivity contribution in [1.29, 1.82) is 0 Å². The summed E-state index contributed by atoms with van der Waals surface area (Å²) in [5.41, 5.74) is 7.85. The molecule has 2 nitrogen and oxygen atoms in total. The predicted molar refractivity (Wildman–Crippen MR) is 78.2 cm³/mol. The molecule has 0 unspecified atom stereocenters. The van der Waals surface area contributed by atoms with Crippen LogP contribution in [0.25, 0.3) is 0 Å². The number of hydrogen-bond acceptors (Lipinski definition) is 2. The zero-order valence-corrected chi connectivity index (χ0v) is 12.0. The van der Waals surface area contributed by atoms with Gasteiger partial charge in [-0.25, -0.2) is 0 Å². The van der Waals surface area contributed by atoms with Gasteiger partial charge in [0, 0.05) is 11.0 Å². The third-order valence-electron chi connectivity index (χ3n) is 3.73. The minimum atomic E-state index is 0.814. The van der Waals surface area contributed by atoms with E-state index < -0.39 is 0 Å². The van der Waals surface area contributed by atoms with E-state index in [-0.39, 0.29) is 0 Å². The molecule has 0 heterocycles. The Bertz CT molecular complexity index is 370. The van der Waals surface area contributed by atoms with Gasteiger partial charge in [0.15, 0.2) is 0 Å². The molecule has 0 radical (unpaired) electrons. The highest BCUT2D eigenvalue weighted by atomic mass is 79.9. The molecule has 0 amide bonds. The second-order valence-electron chi connectivity index (χ2n) is 5.24. The summed E-state index contributed by atoms with van der Waals surface area (Å²) in [6.45, 7) is 3.41. The first-order valence-electron chi connectivity index (χ1n) is 6.44. The van der Waals surface area contributed by atoms with Gasteiger partial charge in [-0.2, -0.15) is 0 Å². The first-order chi connectivity index (χ1) is 8.15. The molecule has 0 saturated heterocycles. The Kier molecular flexibility index (Phi) is 4.32. The zero-order chi connectivity index (χ0) is 12.3. The second kappa shape index (κ2) is 5.76. The smallest absolute Gasteiger partial charge is 0.0574 e. The lowest BCUT2D eigenvalue weighted by Gasteiger charge is -2.26. The standard InChI is InChI=1S/C14H21BrN2/c1-10-2-4-11(5-3-10)9-17-14-7-6-12(15)8-13(14)16/h6-8,10-11,17H,2-5,9,16H2,1H3. The van der Waals surface area contributed by atoms with Crippen LogP contribution in [0.4, 0.5) is 11.4 Å². The number of nitrogens with two attached hydrogens (primary N) is 1. The summed E-state index contributed by atoms with van der Waals surface area (Å²) in [5, 5.41) is 3.48. The lowest BCUT2D eigenvalue weighted by Crippen LogP contribution is -2.20. The minimum absolute atomic E-state index is 0.814. The lowest BCUT2D eigenvalue weighted by molar-refractivity contribution is 0.300. The summed E-state index contributed by atoms with van der Waals surface area (Å²) < 4.78 is 1.03. The quantitative estimate of drug-likeness (QED) is 0.818. The van der Waals surface area contributed by atoms with Gasteiger partial charge < -0.3 is 11.1 Å². The Morgan fingerprint density at radius 1 is 1.29 bits per heavy atom.